The van der Waals surface area contributed by atoms with Gasteiger partial charge in [-0.2, -0.15) is 0 Å². The summed E-state index contributed by atoms with van der Waals surface area (Å²) in [4.78, 5) is 15.8. The zero-order valence-electron chi connectivity index (χ0n) is 10.4. The van der Waals surface area contributed by atoms with E-state index >= 15 is 0 Å². The molecule has 0 bridgehead atoms. The number of halogens is 2. The van der Waals surface area contributed by atoms with E-state index in [1.807, 2.05) is 0 Å². The number of carbonyl (C=O) groups excluding carboxylic acids is 1. The van der Waals surface area contributed by atoms with E-state index in [0.717, 1.165) is 5.56 Å². The standard InChI is InChI=1S/C13H12Cl2N2O2S/c14-12-10(17-13(15)20-12)4-5-16-11(19)7-8-2-1-3-9(18)6-8/h1-3,6,18H,4-5,7H2,(H,16,19). The molecular formula is C13H12Cl2N2O2S. The Balaban J connectivity index is 1.79. The summed E-state index contributed by atoms with van der Waals surface area (Å²) in [7, 11) is 0. The smallest absolute Gasteiger partial charge is 0.224 e. The Labute approximate surface area is 130 Å². The van der Waals surface area contributed by atoms with Gasteiger partial charge in [0.2, 0.25) is 5.91 Å². The summed E-state index contributed by atoms with van der Waals surface area (Å²) in [6.45, 7) is 0.442. The molecule has 2 rings (SSSR count). The van der Waals surface area contributed by atoms with Gasteiger partial charge in [-0.1, -0.05) is 46.7 Å². The van der Waals surface area contributed by atoms with Crippen LogP contribution in [0.3, 0.4) is 0 Å². The van der Waals surface area contributed by atoms with Crippen LogP contribution in [0, 0.1) is 0 Å². The van der Waals surface area contributed by atoms with Crippen molar-refractivity contribution in [1.29, 1.82) is 0 Å². The number of benzene rings is 1. The van der Waals surface area contributed by atoms with Crippen molar-refractivity contribution < 1.29 is 9.90 Å². The Morgan fingerprint density at radius 3 is 2.85 bits per heavy atom. The molecule has 0 spiro atoms. The van der Waals surface area contributed by atoms with Gasteiger partial charge in [-0.15, -0.1) is 0 Å². The molecule has 7 heteroatoms. The van der Waals surface area contributed by atoms with Gasteiger partial charge in [-0.05, 0) is 17.7 Å². The molecule has 0 unspecified atom stereocenters. The van der Waals surface area contributed by atoms with E-state index in [1.165, 1.54) is 11.3 Å². The Kier molecular flexibility index (Phi) is 5.23. The number of carbonyl (C=O) groups is 1. The lowest BCUT2D eigenvalue weighted by atomic mass is 10.1. The Hall–Kier alpha value is -1.30. The molecule has 0 aliphatic carbocycles. The second-order valence-corrected chi connectivity index (χ2v) is 6.32. The average molecular weight is 331 g/mol. The van der Waals surface area contributed by atoms with Crippen molar-refractivity contribution in [2.24, 2.45) is 0 Å². The van der Waals surface area contributed by atoms with Crippen LogP contribution in [0.15, 0.2) is 24.3 Å². The highest BCUT2D eigenvalue weighted by atomic mass is 35.5. The molecule has 1 amide bonds. The fourth-order valence-corrected chi connectivity index (χ4v) is 3.07. The van der Waals surface area contributed by atoms with Gasteiger partial charge in [0.15, 0.2) is 4.47 Å². The number of thiazole rings is 1. The minimum Gasteiger partial charge on any atom is -0.508 e. The van der Waals surface area contributed by atoms with Crippen molar-refractivity contribution in [2.75, 3.05) is 6.54 Å². The molecule has 1 aromatic heterocycles. The number of hydrogen-bond acceptors (Lipinski definition) is 4. The summed E-state index contributed by atoms with van der Waals surface area (Å²) in [5.74, 6) is 0.0345. The van der Waals surface area contributed by atoms with Gasteiger partial charge in [0.05, 0.1) is 12.1 Å². The molecule has 4 nitrogen and oxygen atoms in total. The summed E-state index contributed by atoms with van der Waals surface area (Å²) in [6.07, 6.45) is 0.758. The van der Waals surface area contributed by atoms with Crippen molar-refractivity contribution in [3.63, 3.8) is 0 Å². The highest BCUT2D eigenvalue weighted by molar-refractivity contribution is 7.19. The number of phenols is 1. The monoisotopic (exact) mass is 330 g/mol. The predicted octanol–water partition coefficient (Wildman–Crippen LogP) is 3.06. The second kappa shape index (κ2) is 6.92. The molecule has 20 heavy (non-hydrogen) atoms. The van der Waals surface area contributed by atoms with Crippen molar-refractivity contribution in [1.82, 2.24) is 10.3 Å². The number of amides is 1. The molecular weight excluding hydrogens is 319 g/mol. The number of rotatable bonds is 5. The fourth-order valence-electron chi connectivity index (χ4n) is 1.69. The molecule has 0 saturated carbocycles. The van der Waals surface area contributed by atoms with Crippen LogP contribution in [0.5, 0.6) is 5.75 Å². The summed E-state index contributed by atoms with van der Waals surface area (Å²) < 4.78 is 0.952. The van der Waals surface area contributed by atoms with Gasteiger partial charge < -0.3 is 10.4 Å². The Bertz CT molecular complexity index is 616. The van der Waals surface area contributed by atoms with Gasteiger partial charge in [-0.25, -0.2) is 4.98 Å². The van der Waals surface area contributed by atoms with Crippen LogP contribution >= 0.6 is 34.5 Å². The zero-order chi connectivity index (χ0) is 14.5. The maximum Gasteiger partial charge on any atom is 0.224 e. The lowest BCUT2D eigenvalue weighted by molar-refractivity contribution is -0.120. The minimum atomic E-state index is -0.118. The highest BCUT2D eigenvalue weighted by Gasteiger charge is 2.09. The lowest BCUT2D eigenvalue weighted by Crippen LogP contribution is -2.27. The SMILES string of the molecule is O=C(Cc1cccc(O)c1)NCCc1nc(Cl)sc1Cl. The molecule has 1 heterocycles. The molecule has 0 aliphatic heterocycles. The Morgan fingerprint density at radius 2 is 2.20 bits per heavy atom. The van der Waals surface area contributed by atoms with Crippen LogP contribution in [0.2, 0.25) is 8.80 Å². The van der Waals surface area contributed by atoms with Crippen molar-refractivity contribution in [3.05, 3.63) is 44.3 Å². The molecule has 0 radical (unpaired) electrons. The van der Waals surface area contributed by atoms with E-state index in [4.69, 9.17) is 23.2 Å². The maximum atomic E-state index is 11.7. The number of hydrogen-bond donors (Lipinski definition) is 2. The first-order valence-electron chi connectivity index (χ1n) is 5.90. The summed E-state index contributed by atoms with van der Waals surface area (Å²) in [5.41, 5.74) is 1.46. The van der Waals surface area contributed by atoms with Gasteiger partial charge in [0, 0.05) is 13.0 Å². The number of aromatic nitrogens is 1. The third-order valence-corrected chi connectivity index (χ3v) is 4.02. The van der Waals surface area contributed by atoms with E-state index in [2.05, 4.69) is 10.3 Å². The molecule has 1 aromatic carbocycles. The Morgan fingerprint density at radius 1 is 1.40 bits per heavy atom. The second-order valence-electron chi connectivity index (χ2n) is 4.13. The normalized spacial score (nSPS) is 10.5. The van der Waals surface area contributed by atoms with E-state index < -0.39 is 0 Å². The van der Waals surface area contributed by atoms with Crippen LogP contribution in [0.25, 0.3) is 0 Å². The third-order valence-electron chi connectivity index (χ3n) is 2.58. The largest absolute Gasteiger partial charge is 0.508 e. The van der Waals surface area contributed by atoms with E-state index in [1.54, 1.807) is 24.3 Å². The van der Waals surface area contributed by atoms with Crippen molar-refractivity contribution in [3.8, 4) is 5.75 Å². The first-order valence-corrected chi connectivity index (χ1v) is 7.47. The van der Waals surface area contributed by atoms with Gasteiger partial charge in [0.1, 0.15) is 10.1 Å². The van der Waals surface area contributed by atoms with Crippen LogP contribution < -0.4 is 5.32 Å². The van der Waals surface area contributed by atoms with Crippen LogP contribution in [-0.4, -0.2) is 22.5 Å². The van der Waals surface area contributed by atoms with Crippen LogP contribution in [0.1, 0.15) is 11.3 Å². The molecule has 106 valence electrons. The maximum absolute atomic E-state index is 11.7. The highest BCUT2D eigenvalue weighted by Crippen LogP contribution is 2.27. The number of nitrogens with zero attached hydrogens (tertiary/aromatic N) is 1. The topological polar surface area (TPSA) is 62.2 Å². The van der Waals surface area contributed by atoms with Crippen LogP contribution in [-0.2, 0) is 17.6 Å². The predicted molar refractivity (Wildman–Crippen MR) is 80.7 cm³/mol. The van der Waals surface area contributed by atoms with Gasteiger partial charge in [-0.3, -0.25) is 4.79 Å². The summed E-state index contributed by atoms with van der Waals surface area (Å²) in [6, 6.07) is 6.62. The van der Waals surface area contributed by atoms with Crippen molar-refractivity contribution >= 4 is 40.4 Å². The molecule has 0 aliphatic rings. The summed E-state index contributed by atoms with van der Waals surface area (Å²) >= 11 is 12.9. The van der Waals surface area contributed by atoms with Gasteiger partial charge >= 0.3 is 0 Å². The van der Waals surface area contributed by atoms with Crippen molar-refractivity contribution in [2.45, 2.75) is 12.8 Å². The van der Waals surface area contributed by atoms with E-state index in [9.17, 15) is 9.90 Å². The molecule has 0 fully saturated rings. The first-order chi connectivity index (χ1) is 9.54. The number of phenolic OH excluding ortho intramolecular Hbond substituents is 1. The van der Waals surface area contributed by atoms with E-state index in [-0.39, 0.29) is 18.1 Å². The van der Waals surface area contributed by atoms with Gasteiger partial charge in [0.25, 0.3) is 0 Å². The first kappa shape index (κ1) is 15.1. The van der Waals surface area contributed by atoms with Crippen LogP contribution in [0.4, 0.5) is 0 Å². The number of nitrogens with one attached hydrogen (secondary N) is 1. The summed E-state index contributed by atoms with van der Waals surface area (Å²) in [5, 5.41) is 12.1. The fraction of sp³-hybridized carbons (Fsp3) is 0.231. The molecule has 0 saturated heterocycles. The number of aromatic hydroxyl groups is 1. The quantitative estimate of drug-likeness (QED) is 0.885. The lowest BCUT2D eigenvalue weighted by Gasteiger charge is -2.05. The average Bonchev–Trinajstić information content (AvgIpc) is 2.68. The molecule has 2 aromatic rings. The van der Waals surface area contributed by atoms with E-state index in [0.29, 0.717) is 27.5 Å². The zero-order valence-corrected chi connectivity index (χ0v) is 12.7. The molecule has 2 N–H and O–H groups in total. The third kappa shape index (κ3) is 4.37. The molecule has 0 atom stereocenters. The minimum absolute atomic E-state index is 0.118.